The Morgan fingerprint density at radius 3 is 1.12 bits per heavy atom. The molecular formula is C24H54F2. The molecule has 26 heavy (non-hydrogen) atoms. The van der Waals surface area contributed by atoms with Crippen LogP contribution in [0.1, 0.15) is 128 Å². The fourth-order valence-electron chi connectivity index (χ4n) is 2.48. The molecule has 0 heterocycles. The molecule has 0 unspecified atom stereocenters. The van der Waals surface area contributed by atoms with Crippen molar-refractivity contribution in [3.8, 4) is 0 Å². The summed E-state index contributed by atoms with van der Waals surface area (Å²) >= 11 is 0. The van der Waals surface area contributed by atoms with Crippen LogP contribution in [0.15, 0.2) is 0 Å². The lowest BCUT2D eigenvalue weighted by Gasteiger charge is -2.20. The van der Waals surface area contributed by atoms with Crippen LogP contribution >= 0.6 is 0 Å². The van der Waals surface area contributed by atoms with Gasteiger partial charge in [0.1, 0.15) is 0 Å². The molecule has 0 saturated carbocycles. The normalized spacial score (nSPS) is 11.3. The Labute approximate surface area is 166 Å². The number of rotatable bonds is 12. The largest absolute Gasteiger partial charge is 0.250 e. The maximum Gasteiger partial charge on any atom is 0.250 e. The maximum absolute atomic E-state index is 13.1. The molecule has 0 aliphatic carbocycles. The van der Waals surface area contributed by atoms with Crippen LogP contribution in [0.4, 0.5) is 8.78 Å². The van der Waals surface area contributed by atoms with Crippen molar-refractivity contribution < 1.29 is 8.78 Å². The Bertz CT molecular complexity index is 245. The van der Waals surface area contributed by atoms with Gasteiger partial charge < -0.3 is 0 Å². The summed E-state index contributed by atoms with van der Waals surface area (Å²) in [7, 11) is 0. The number of halogens is 2. The Morgan fingerprint density at radius 1 is 0.538 bits per heavy atom. The second kappa shape index (κ2) is 19.6. The summed E-state index contributed by atoms with van der Waals surface area (Å²) in [6.07, 6.45) is 9.84. The number of unbranched alkanes of at least 4 members (excludes halogenated alkanes) is 3. The minimum absolute atomic E-state index is 0. The zero-order chi connectivity index (χ0) is 19.2. The third-order valence-electron chi connectivity index (χ3n) is 4.45. The van der Waals surface area contributed by atoms with Crippen LogP contribution in [-0.2, 0) is 0 Å². The summed E-state index contributed by atoms with van der Waals surface area (Å²) < 4.78 is 26.1. The van der Waals surface area contributed by atoms with Crippen LogP contribution in [-0.4, -0.2) is 5.92 Å². The third kappa shape index (κ3) is 26.1. The van der Waals surface area contributed by atoms with Crippen LogP contribution in [0.5, 0.6) is 0 Å². The van der Waals surface area contributed by atoms with E-state index in [4.69, 9.17) is 0 Å². The molecule has 0 aliphatic heterocycles. The van der Waals surface area contributed by atoms with Gasteiger partial charge in [0.05, 0.1) is 0 Å². The quantitative estimate of drug-likeness (QED) is 0.295. The van der Waals surface area contributed by atoms with Crippen molar-refractivity contribution in [2.75, 3.05) is 0 Å². The van der Waals surface area contributed by atoms with Crippen molar-refractivity contribution in [2.24, 2.45) is 23.7 Å². The standard InChI is InChI=1S/C11H22F2.C11H24.2CH4/c1-9(2)7-5-6-8-11(12,13)10(3)4;1-10(2)8-6-5-7-9-11(3)4;;/h9-10H,5-8H2,1-4H3;10-11H,5-9H2,1-4H3;2*1H4. The van der Waals surface area contributed by atoms with E-state index in [1.54, 1.807) is 13.8 Å². The van der Waals surface area contributed by atoms with E-state index in [2.05, 4.69) is 41.5 Å². The Balaban J connectivity index is -0.000000175. The molecule has 0 spiro atoms. The van der Waals surface area contributed by atoms with Crippen molar-refractivity contribution in [1.29, 1.82) is 0 Å². The second-order valence-corrected chi connectivity index (χ2v) is 8.98. The molecule has 0 aromatic carbocycles. The lowest BCUT2D eigenvalue weighted by Crippen LogP contribution is -2.23. The lowest BCUT2D eigenvalue weighted by atomic mass is 9.98. The predicted octanol–water partition coefficient (Wildman–Crippen LogP) is 10.0. The minimum Gasteiger partial charge on any atom is -0.207 e. The highest BCUT2D eigenvalue weighted by molar-refractivity contribution is 4.70. The van der Waals surface area contributed by atoms with Crippen LogP contribution in [0.3, 0.4) is 0 Å². The third-order valence-corrected chi connectivity index (χ3v) is 4.45. The molecule has 0 bridgehead atoms. The van der Waals surface area contributed by atoms with Gasteiger partial charge in [0.25, 0.3) is 0 Å². The van der Waals surface area contributed by atoms with Gasteiger partial charge in [0.15, 0.2) is 0 Å². The molecule has 164 valence electrons. The number of alkyl halides is 2. The summed E-state index contributed by atoms with van der Waals surface area (Å²) in [5, 5.41) is 0. The van der Waals surface area contributed by atoms with Crippen LogP contribution in [0.25, 0.3) is 0 Å². The van der Waals surface area contributed by atoms with Crippen LogP contribution in [0, 0.1) is 23.7 Å². The van der Waals surface area contributed by atoms with E-state index in [9.17, 15) is 8.78 Å². The highest BCUT2D eigenvalue weighted by Gasteiger charge is 2.31. The highest BCUT2D eigenvalue weighted by Crippen LogP contribution is 2.30. The summed E-state index contributed by atoms with van der Waals surface area (Å²) in [4.78, 5) is 0. The van der Waals surface area contributed by atoms with Gasteiger partial charge in [0, 0.05) is 12.3 Å². The summed E-state index contributed by atoms with van der Waals surface area (Å²) in [5.74, 6) is -0.556. The van der Waals surface area contributed by atoms with Crippen LogP contribution in [0.2, 0.25) is 0 Å². The summed E-state index contributed by atoms with van der Waals surface area (Å²) in [6.45, 7) is 16.7. The Hall–Kier alpha value is -0.140. The molecule has 0 amide bonds. The first-order valence-electron chi connectivity index (χ1n) is 10.4. The molecule has 0 aliphatic rings. The smallest absolute Gasteiger partial charge is 0.207 e. The molecule has 2 heteroatoms. The molecule has 0 fully saturated rings. The van der Waals surface area contributed by atoms with E-state index in [0.29, 0.717) is 12.3 Å². The van der Waals surface area contributed by atoms with E-state index >= 15 is 0 Å². The minimum atomic E-state index is -2.46. The number of hydrogen-bond donors (Lipinski definition) is 0. The van der Waals surface area contributed by atoms with Gasteiger partial charge in [-0.3, -0.25) is 0 Å². The average Bonchev–Trinajstić information content (AvgIpc) is 2.43. The van der Waals surface area contributed by atoms with E-state index in [1.165, 1.54) is 32.1 Å². The molecule has 0 atom stereocenters. The average molecular weight is 381 g/mol. The zero-order valence-electron chi connectivity index (χ0n) is 17.9. The maximum atomic E-state index is 13.1. The molecule has 0 radical (unpaired) electrons. The van der Waals surface area contributed by atoms with Crippen LogP contribution < -0.4 is 0 Å². The molecule has 0 aromatic heterocycles. The first-order valence-corrected chi connectivity index (χ1v) is 10.4. The van der Waals surface area contributed by atoms with Gasteiger partial charge in [0.2, 0.25) is 5.92 Å². The van der Waals surface area contributed by atoms with E-state index < -0.39 is 11.8 Å². The first-order chi connectivity index (χ1) is 11.0. The van der Waals surface area contributed by atoms with Crippen molar-refractivity contribution in [3.63, 3.8) is 0 Å². The lowest BCUT2D eigenvalue weighted by molar-refractivity contribution is -0.0541. The van der Waals surface area contributed by atoms with E-state index in [0.717, 1.165) is 24.7 Å². The second-order valence-electron chi connectivity index (χ2n) is 8.98. The van der Waals surface area contributed by atoms with Gasteiger partial charge in [-0.2, -0.15) is 0 Å². The molecule has 0 saturated heterocycles. The predicted molar refractivity (Wildman–Crippen MR) is 119 cm³/mol. The van der Waals surface area contributed by atoms with Gasteiger partial charge in [-0.05, 0) is 24.2 Å². The molecule has 0 aromatic rings. The van der Waals surface area contributed by atoms with Gasteiger partial charge >= 0.3 is 0 Å². The zero-order valence-corrected chi connectivity index (χ0v) is 17.9. The first kappa shape index (κ1) is 33.4. The van der Waals surface area contributed by atoms with E-state index in [1.807, 2.05) is 0 Å². The highest BCUT2D eigenvalue weighted by atomic mass is 19.3. The molecule has 0 nitrogen and oxygen atoms in total. The van der Waals surface area contributed by atoms with Crippen molar-refractivity contribution >= 4 is 0 Å². The topological polar surface area (TPSA) is 0 Å². The Kier molecular flexibility index (Phi) is 25.2. The summed E-state index contributed by atoms with van der Waals surface area (Å²) in [5.41, 5.74) is 0. The van der Waals surface area contributed by atoms with Crippen molar-refractivity contribution in [3.05, 3.63) is 0 Å². The van der Waals surface area contributed by atoms with E-state index in [-0.39, 0.29) is 21.3 Å². The van der Waals surface area contributed by atoms with Crippen molar-refractivity contribution in [2.45, 2.75) is 134 Å². The fourth-order valence-corrected chi connectivity index (χ4v) is 2.48. The fraction of sp³-hybridized carbons (Fsp3) is 1.00. The van der Waals surface area contributed by atoms with Crippen molar-refractivity contribution in [1.82, 2.24) is 0 Å². The summed E-state index contributed by atoms with van der Waals surface area (Å²) in [6, 6.07) is 0. The molecule has 0 N–H and O–H groups in total. The Morgan fingerprint density at radius 2 is 0.846 bits per heavy atom. The van der Waals surface area contributed by atoms with Gasteiger partial charge in [-0.15, -0.1) is 0 Å². The van der Waals surface area contributed by atoms with Gasteiger partial charge in [-0.1, -0.05) is 115 Å². The molecular weight excluding hydrogens is 326 g/mol. The molecule has 0 rings (SSSR count). The number of hydrogen-bond acceptors (Lipinski definition) is 0. The monoisotopic (exact) mass is 380 g/mol. The SMILES string of the molecule is C.C.CC(C)CCCCC(F)(F)C(C)C.CC(C)CCCCCC(C)C. The van der Waals surface area contributed by atoms with Gasteiger partial charge in [-0.25, -0.2) is 8.78 Å².